The average molecular weight is 489 g/mol. The van der Waals surface area contributed by atoms with Crippen molar-refractivity contribution in [3.05, 3.63) is 73.2 Å². The molecule has 1 heterocycles. The van der Waals surface area contributed by atoms with E-state index in [9.17, 15) is 4.79 Å². The zero-order valence-electron chi connectivity index (χ0n) is 14.7. The lowest BCUT2D eigenvalue weighted by atomic mass is 9.88. The normalized spacial score (nSPS) is 15.6. The lowest BCUT2D eigenvalue weighted by Gasteiger charge is -2.22. The maximum absolute atomic E-state index is 13.2. The van der Waals surface area contributed by atoms with Crippen molar-refractivity contribution in [2.75, 3.05) is 0 Å². The minimum Gasteiger partial charge on any atom is -0.267 e. The van der Waals surface area contributed by atoms with Crippen LogP contribution in [0.15, 0.2) is 61.3 Å². The highest BCUT2D eigenvalue weighted by atomic mass is 79.9. The fourth-order valence-electron chi connectivity index (χ4n) is 3.60. The molecule has 0 N–H and O–H groups in total. The fourth-order valence-corrected chi connectivity index (χ4v) is 4.35. The lowest BCUT2D eigenvalue weighted by Crippen LogP contribution is -2.25. The second-order valence-corrected chi connectivity index (χ2v) is 8.62. The molecule has 0 atom stereocenters. The molecule has 2 aromatic carbocycles. The number of halogens is 2. The third kappa shape index (κ3) is 3.92. The van der Waals surface area contributed by atoms with Crippen LogP contribution in [0.25, 0.3) is 10.9 Å². The van der Waals surface area contributed by atoms with E-state index in [2.05, 4.69) is 37.0 Å². The van der Waals surface area contributed by atoms with Crippen LogP contribution >= 0.6 is 31.9 Å². The van der Waals surface area contributed by atoms with Crippen molar-refractivity contribution >= 4 is 49.0 Å². The van der Waals surface area contributed by atoms with Crippen LogP contribution in [-0.2, 0) is 0 Å². The van der Waals surface area contributed by atoms with Gasteiger partial charge in [0.2, 0.25) is 0 Å². The SMILES string of the molecule is O=c1c2cc(Br)ccc2nc(C2CCCCC2)n1N=Cc1ccccc1Br. The Morgan fingerprint density at radius 2 is 1.85 bits per heavy atom. The smallest absolute Gasteiger partial charge is 0.267 e. The molecule has 0 unspecified atom stereocenters. The minimum absolute atomic E-state index is 0.120. The van der Waals surface area contributed by atoms with Crippen molar-refractivity contribution in [1.29, 1.82) is 0 Å². The van der Waals surface area contributed by atoms with Gasteiger partial charge in [-0.15, -0.1) is 0 Å². The van der Waals surface area contributed by atoms with Crippen LogP contribution in [0.3, 0.4) is 0 Å². The van der Waals surface area contributed by atoms with Gasteiger partial charge >= 0.3 is 0 Å². The summed E-state index contributed by atoms with van der Waals surface area (Å²) in [4.78, 5) is 18.1. The Balaban J connectivity index is 1.88. The third-order valence-corrected chi connectivity index (χ3v) is 6.24. The highest BCUT2D eigenvalue weighted by Crippen LogP contribution is 2.32. The highest BCUT2D eigenvalue weighted by molar-refractivity contribution is 9.10. The summed E-state index contributed by atoms with van der Waals surface area (Å²) in [5.41, 5.74) is 1.54. The molecule has 0 spiro atoms. The molecule has 1 aliphatic rings. The maximum atomic E-state index is 13.2. The first kappa shape index (κ1) is 18.6. The van der Waals surface area contributed by atoms with E-state index in [1.54, 1.807) is 6.21 Å². The van der Waals surface area contributed by atoms with Crippen LogP contribution < -0.4 is 5.56 Å². The molecule has 1 aromatic heterocycles. The van der Waals surface area contributed by atoms with Crippen molar-refractivity contribution in [3.63, 3.8) is 0 Å². The summed E-state index contributed by atoms with van der Waals surface area (Å²) in [5.74, 6) is 1.05. The molecule has 4 rings (SSSR count). The standard InChI is InChI=1S/C21H19Br2N3O/c22-16-10-11-19-17(12-16)21(27)26(20(25-19)14-6-2-1-3-7-14)24-13-15-8-4-5-9-18(15)23/h4-5,8-14H,1-3,6-7H2. The summed E-state index contributed by atoms with van der Waals surface area (Å²) >= 11 is 6.98. The van der Waals surface area contributed by atoms with Gasteiger partial charge < -0.3 is 0 Å². The van der Waals surface area contributed by atoms with E-state index >= 15 is 0 Å². The molecule has 6 heteroatoms. The van der Waals surface area contributed by atoms with Crippen LogP contribution in [0.1, 0.15) is 49.4 Å². The van der Waals surface area contributed by atoms with Gasteiger partial charge in [-0.25, -0.2) is 4.98 Å². The molecule has 0 bridgehead atoms. The molecule has 138 valence electrons. The number of benzene rings is 2. The second kappa shape index (κ2) is 8.07. The van der Waals surface area contributed by atoms with E-state index in [0.29, 0.717) is 5.39 Å². The third-order valence-electron chi connectivity index (χ3n) is 5.02. The maximum Gasteiger partial charge on any atom is 0.282 e. The topological polar surface area (TPSA) is 47.2 Å². The number of nitrogens with zero attached hydrogens (tertiary/aromatic N) is 3. The van der Waals surface area contributed by atoms with Crippen LogP contribution in [0.4, 0.5) is 0 Å². The van der Waals surface area contributed by atoms with Crippen molar-refractivity contribution in [3.8, 4) is 0 Å². The molecular formula is C21H19Br2N3O. The summed E-state index contributed by atoms with van der Waals surface area (Å²) in [5, 5.41) is 5.14. The van der Waals surface area contributed by atoms with Gasteiger partial charge in [-0.1, -0.05) is 69.3 Å². The number of hydrogen-bond donors (Lipinski definition) is 0. The monoisotopic (exact) mass is 487 g/mol. The van der Waals surface area contributed by atoms with Crippen LogP contribution in [0, 0.1) is 0 Å². The van der Waals surface area contributed by atoms with Gasteiger partial charge in [0.05, 0.1) is 17.1 Å². The Bertz CT molecular complexity index is 1070. The summed E-state index contributed by atoms with van der Waals surface area (Å²) < 4.78 is 3.31. The van der Waals surface area contributed by atoms with Gasteiger partial charge in [0.25, 0.3) is 5.56 Å². The Morgan fingerprint density at radius 3 is 2.63 bits per heavy atom. The van der Waals surface area contributed by atoms with Crippen LogP contribution in [-0.4, -0.2) is 15.9 Å². The molecule has 1 fully saturated rings. The van der Waals surface area contributed by atoms with Gasteiger partial charge in [0, 0.05) is 20.4 Å². The molecule has 27 heavy (non-hydrogen) atoms. The van der Waals surface area contributed by atoms with E-state index < -0.39 is 0 Å². The molecule has 1 saturated carbocycles. The predicted octanol–water partition coefficient (Wildman–Crippen LogP) is 5.85. The molecule has 0 aliphatic heterocycles. The first-order valence-electron chi connectivity index (χ1n) is 9.14. The van der Waals surface area contributed by atoms with E-state index in [1.165, 1.54) is 23.9 Å². The Morgan fingerprint density at radius 1 is 1.07 bits per heavy atom. The zero-order valence-corrected chi connectivity index (χ0v) is 17.9. The second-order valence-electron chi connectivity index (χ2n) is 6.85. The van der Waals surface area contributed by atoms with E-state index in [0.717, 1.165) is 38.7 Å². The first-order chi connectivity index (χ1) is 13.1. The number of fused-ring (bicyclic) bond motifs is 1. The Labute approximate surface area is 174 Å². The summed E-state index contributed by atoms with van der Waals surface area (Å²) in [6.45, 7) is 0. The first-order valence-corrected chi connectivity index (χ1v) is 10.7. The Hall–Kier alpha value is -1.79. The van der Waals surface area contributed by atoms with Crippen molar-refractivity contribution in [2.24, 2.45) is 5.10 Å². The lowest BCUT2D eigenvalue weighted by molar-refractivity contribution is 0.416. The molecule has 0 saturated heterocycles. The molecular weight excluding hydrogens is 470 g/mol. The summed E-state index contributed by atoms with van der Waals surface area (Å²) in [6, 6.07) is 13.5. The average Bonchev–Trinajstić information content (AvgIpc) is 2.69. The van der Waals surface area contributed by atoms with Gasteiger partial charge in [0.1, 0.15) is 5.82 Å². The van der Waals surface area contributed by atoms with Crippen molar-refractivity contribution in [2.45, 2.75) is 38.0 Å². The molecule has 0 radical (unpaired) electrons. The number of hydrogen-bond acceptors (Lipinski definition) is 3. The molecule has 4 nitrogen and oxygen atoms in total. The largest absolute Gasteiger partial charge is 0.282 e. The van der Waals surface area contributed by atoms with Crippen LogP contribution in [0.5, 0.6) is 0 Å². The molecule has 3 aromatic rings. The van der Waals surface area contributed by atoms with Crippen molar-refractivity contribution in [1.82, 2.24) is 9.66 Å². The summed E-state index contributed by atoms with van der Waals surface area (Å²) in [7, 11) is 0. The number of aromatic nitrogens is 2. The molecule has 0 amide bonds. The zero-order chi connectivity index (χ0) is 18.8. The predicted molar refractivity (Wildman–Crippen MR) is 117 cm³/mol. The van der Waals surface area contributed by atoms with E-state index in [4.69, 9.17) is 4.98 Å². The fraction of sp³-hybridized carbons (Fsp3) is 0.286. The van der Waals surface area contributed by atoms with Gasteiger partial charge in [-0.05, 0) is 37.1 Å². The van der Waals surface area contributed by atoms with Gasteiger partial charge in [-0.2, -0.15) is 9.78 Å². The highest BCUT2D eigenvalue weighted by Gasteiger charge is 2.22. The van der Waals surface area contributed by atoms with E-state index in [1.807, 2.05) is 42.5 Å². The van der Waals surface area contributed by atoms with Crippen molar-refractivity contribution < 1.29 is 0 Å². The van der Waals surface area contributed by atoms with Gasteiger partial charge in [0.15, 0.2) is 0 Å². The molecule has 1 aliphatic carbocycles. The van der Waals surface area contributed by atoms with E-state index in [-0.39, 0.29) is 11.5 Å². The number of rotatable bonds is 3. The minimum atomic E-state index is -0.120. The van der Waals surface area contributed by atoms with Gasteiger partial charge in [-0.3, -0.25) is 4.79 Å². The summed E-state index contributed by atoms with van der Waals surface area (Å²) in [6.07, 6.45) is 7.43. The quantitative estimate of drug-likeness (QED) is 0.434. The van der Waals surface area contributed by atoms with Crippen LogP contribution in [0.2, 0.25) is 0 Å². The Kier molecular flexibility index (Phi) is 5.55.